The molecule has 0 spiro atoms. The first-order valence-electron chi connectivity index (χ1n) is 11.4. The molecule has 1 N–H and O–H groups in total. The smallest absolute Gasteiger partial charge is 0.355 e. The highest BCUT2D eigenvalue weighted by Gasteiger charge is 2.28. The van der Waals surface area contributed by atoms with Crippen LogP contribution in [0.25, 0.3) is 10.9 Å². The van der Waals surface area contributed by atoms with Gasteiger partial charge in [-0.2, -0.15) is 0 Å². The van der Waals surface area contributed by atoms with Gasteiger partial charge in [0.05, 0.1) is 6.61 Å². The van der Waals surface area contributed by atoms with Crippen LogP contribution < -0.4 is 9.47 Å². The minimum Gasteiger partial charge on any atom is -0.468 e. The predicted octanol–water partition coefficient (Wildman–Crippen LogP) is 5.49. The van der Waals surface area contributed by atoms with Crippen molar-refractivity contribution in [1.29, 1.82) is 0 Å². The molecule has 0 unspecified atom stereocenters. The minimum atomic E-state index is -0.385. The summed E-state index contributed by atoms with van der Waals surface area (Å²) in [5.41, 5.74) is 4.16. The number of hydrogen-bond acceptors (Lipinski definition) is 6. The number of H-pyrrole nitrogens is 1. The van der Waals surface area contributed by atoms with Gasteiger partial charge in [0.1, 0.15) is 17.2 Å². The summed E-state index contributed by atoms with van der Waals surface area (Å²) in [6, 6.07) is 23.5. The van der Waals surface area contributed by atoms with E-state index in [-0.39, 0.29) is 32.1 Å². The second kappa shape index (κ2) is 11.6. The molecule has 0 radical (unpaired) electrons. The van der Waals surface area contributed by atoms with Crippen LogP contribution in [0, 0.1) is 0 Å². The number of nitrogens with one attached hydrogen (secondary N) is 1. The number of hydrogen-bond donors (Lipinski definition) is 1. The first-order chi connectivity index (χ1) is 17.2. The molecule has 0 aliphatic carbocycles. The van der Waals surface area contributed by atoms with Gasteiger partial charge in [-0.15, -0.1) is 0 Å². The zero-order valence-corrected chi connectivity index (χ0v) is 20.1. The van der Waals surface area contributed by atoms with Crippen molar-refractivity contribution >= 4 is 16.9 Å². The Morgan fingerprint density at radius 1 is 0.800 bits per heavy atom. The maximum absolute atomic E-state index is 13.0. The van der Waals surface area contributed by atoms with E-state index in [1.54, 1.807) is 21.1 Å². The van der Waals surface area contributed by atoms with Gasteiger partial charge in [0.15, 0.2) is 13.6 Å². The van der Waals surface area contributed by atoms with E-state index in [0.29, 0.717) is 17.2 Å². The van der Waals surface area contributed by atoms with Crippen molar-refractivity contribution < 1.29 is 28.5 Å². The highest BCUT2D eigenvalue weighted by molar-refractivity contribution is 5.99. The average molecular weight is 476 g/mol. The van der Waals surface area contributed by atoms with E-state index in [1.165, 1.54) is 0 Å². The number of para-hydroxylation sites is 1. The number of rotatable bonds is 11. The Morgan fingerprint density at radius 3 is 1.86 bits per heavy atom. The topological polar surface area (TPSA) is 79.0 Å². The molecule has 0 amide bonds. The normalized spacial score (nSPS) is 11.1. The van der Waals surface area contributed by atoms with Gasteiger partial charge < -0.3 is 28.7 Å². The lowest BCUT2D eigenvalue weighted by Crippen LogP contribution is -2.12. The molecule has 0 aliphatic rings. The fraction of sp³-hybridized carbons (Fsp3) is 0.250. The average Bonchev–Trinajstić information content (AvgIpc) is 3.27. The molecule has 7 heteroatoms. The highest BCUT2D eigenvalue weighted by Crippen LogP contribution is 2.40. The van der Waals surface area contributed by atoms with Gasteiger partial charge in [0.25, 0.3) is 0 Å². The van der Waals surface area contributed by atoms with Crippen LogP contribution in [0.15, 0.2) is 72.8 Å². The SMILES string of the molecule is CCOC(=O)c1[nH]c2ccccc2c1C(c1ccc(OCOC)cc1)c1ccc(OCOC)cc1. The summed E-state index contributed by atoms with van der Waals surface area (Å²) in [6.45, 7) is 2.42. The van der Waals surface area contributed by atoms with Crippen molar-refractivity contribution in [3.63, 3.8) is 0 Å². The third-order valence-corrected chi connectivity index (χ3v) is 5.63. The number of aromatic nitrogens is 1. The molecule has 182 valence electrons. The van der Waals surface area contributed by atoms with Crippen molar-refractivity contribution in [2.24, 2.45) is 0 Å². The lowest BCUT2D eigenvalue weighted by Gasteiger charge is -2.20. The van der Waals surface area contributed by atoms with Gasteiger partial charge >= 0.3 is 5.97 Å². The second-order valence-corrected chi connectivity index (χ2v) is 7.85. The lowest BCUT2D eigenvalue weighted by molar-refractivity contribution is 0.0508. The molecule has 4 aromatic rings. The molecule has 35 heavy (non-hydrogen) atoms. The number of carbonyl (C=O) groups excluding carboxylic acids is 1. The van der Waals surface area contributed by atoms with Crippen molar-refractivity contribution in [3.05, 3.63) is 95.2 Å². The Bertz CT molecular complexity index is 1200. The fourth-order valence-electron chi connectivity index (χ4n) is 4.12. The number of benzene rings is 3. The third kappa shape index (κ3) is 5.48. The lowest BCUT2D eigenvalue weighted by atomic mass is 9.83. The Kier molecular flexibility index (Phi) is 8.03. The summed E-state index contributed by atoms with van der Waals surface area (Å²) >= 11 is 0. The number of methoxy groups -OCH3 is 2. The Balaban J connectivity index is 1.86. The zero-order chi connectivity index (χ0) is 24.6. The number of fused-ring (bicyclic) bond motifs is 1. The third-order valence-electron chi connectivity index (χ3n) is 5.63. The summed E-state index contributed by atoms with van der Waals surface area (Å²) < 4.78 is 26.6. The summed E-state index contributed by atoms with van der Waals surface area (Å²) in [5.74, 6) is 0.756. The Morgan fingerprint density at radius 2 is 1.34 bits per heavy atom. The van der Waals surface area contributed by atoms with Crippen molar-refractivity contribution in [1.82, 2.24) is 4.98 Å². The van der Waals surface area contributed by atoms with Crippen LogP contribution in [0.2, 0.25) is 0 Å². The summed E-state index contributed by atoms with van der Waals surface area (Å²) in [5, 5.41) is 0.958. The molecular weight excluding hydrogens is 446 g/mol. The quantitative estimate of drug-likeness (QED) is 0.228. The summed E-state index contributed by atoms with van der Waals surface area (Å²) in [6.07, 6.45) is 0. The molecule has 1 aromatic heterocycles. The van der Waals surface area contributed by atoms with Crippen LogP contribution in [-0.2, 0) is 14.2 Å². The Hall–Kier alpha value is -3.81. The second-order valence-electron chi connectivity index (χ2n) is 7.85. The van der Waals surface area contributed by atoms with Crippen LogP contribution in [0.1, 0.15) is 40.0 Å². The molecule has 0 atom stereocenters. The molecule has 0 bridgehead atoms. The van der Waals surface area contributed by atoms with Crippen LogP contribution in [0.4, 0.5) is 0 Å². The van der Waals surface area contributed by atoms with E-state index >= 15 is 0 Å². The minimum absolute atomic E-state index is 0.168. The number of carbonyl (C=O) groups is 1. The van der Waals surface area contributed by atoms with Crippen LogP contribution in [0.5, 0.6) is 11.5 Å². The molecule has 7 nitrogen and oxygen atoms in total. The predicted molar refractivity (Wildman–Crippen MR) is 133 cm³/mol. The molecule has 0 saturated heterocycles. The van der Waals surface area contributed by atoms with E-state index in [1.807, 2.05) is 72.8 Å². The van der Waals surface area contributed by atoms with E-state index < -0.39 is 0 Å². The fourth-order valence-corrected chi connectivity index (χ4v) is 4.12. The van der Waals surface area contributed by atoms with Crippen LogP contribution >= 0.6 is 0 Å². The highest BCUT2D eigenvalue weighted by atomic mass is 16.7. The summed E-state index contributed by atoms with van der Waals surface area (Å²) in [4.78, 5) is 16.3. The monoisotopic (exact) mass is 475 g/mol. The first-order valence-corrected chi connectivity index (χ1v) is 11.4. The molecular formula is C28H29NO6. The molecule has 0 aliphatic heterocycles. The molecule has 0 saturated carbocycles. The van der Waals surface area contributed by atoms with Gasteiger partial charge in [0, 0.05) is 36.6 Å². The number of ether oxygens (including phenoxy) is 5. The molecule has 0 fully saturated rings. The van der Waals surface area contributed by atoms with Gasteiger partial charge in [-0.3, -0.25) is 0 Å². The first kappa shape index (κ1) is 24.3. The maximum Gasteiger partial charge on any atom is 0.355 e. The van der Waals surface area contributed by atoms with E-state index in [4.69, 9.17) is 23.7 Å². The van der Waals surface area contributed by atoms with Crippen molar-refractivity contribution in [3.8, 4) is 11.5 Å². The van der Waals surface area contributed by atoms with E-state index in [2.05, 4.69) is 4.98 Å². The van der Waals surface area contributed by atoms with Crippen LogP contribution in [0.3, 0.4) is 0 Å². The number of aromatic amines is 1. The number of esters is 1. The molecule has 3 aromatic carbocycles. The van der Waals surface area contributed by atoms with Gasteiger partial charge in [0.2, 0.25) is 0 Å². The standard InChI is InChI=1S/C28H29NO6/c1-4-33-28(30)27-26(23-7-5-6-8-24(23)29-27)25(19-9-13-21(14-10-19)34-17-31-2)20-11-15-22(16-12-20)35-18-32-3/h5-16,25,29H,4,17-18H2,1-3H3. The van der Waals surface area contributed by atoms with Gasteiger partial charge in [-0.05, 0) is 48.4 Å². The Labute approximate surface area is 204 Å². The molecule has 1 heterocycles. The van der Waals surface area contributed by atoms with Crippen molar-refractivity contribution in [2.75, 3.05) is 34.4 Å². The van der Waals surface area contributed by atoms with E-state index in [9.17, 15) is 4.79 Å². The van der Waals surface area contributed by atoms with Crippen LogP contribution in [-0.4, -0.2) is 45.4 Å². The molecule has 4 rings (SSSR count). The summed E-state index contributed by atoms with van der Waals surface area (Å²) in [7, 11) is 3.16. The van der Waals surface area contributed by atoms with Gasteiger partial charge in [-0.25, -0.2) is 4.79 Å². The van der Waals surface area contributed by atoms with Crippen molar-refractivity contribution in [2.45, 2.75) is 12.8 Å². The van der Waals surface area contributed by atoms with E-state index in [0.717, 1.165) is 27.6 Å². The van der Waals surface area contributed by atoms with Gasteiger partial charge in [-0.1, -0.05) is 42.5 Å². The largest absolute Gasteiger partial charge is 0.468 e. The zero-order valence-electron chi connectivity index (χ0n) is 20.1. The maximum atomic E-state index is 13.0.